The Morgan fingerprint density at radius 1 is 1.40 bits per heavy atom. The highest BCUT2D eigenvalue weighted by Crippen LogP contribution is 2.10. The molecule has 1 heterocycles. The van der Waals surface area contributed by atoms with Crippen LogP contribution in [-0.4, -0.2) is 47.2 Å². The first-order valence-electron chi connectivity index (χ1n) is 2.98. The van der Waals surface area contributed by atoms with Crippen LogP contribution in [0.4, 0.5) is 0 Å². The maximum Gasteiger partial charge on any atom is 0.186 e. The van der Waals surface area contributed by atoms with E-state index in [1.54, 1.807) is 0 Å². The van der Waals surface area contributed by atoms with Gasteiger partial charge in [-0.3, -0.25) is 0 Å². The molecule has 3 N–H and O–H groups in total. The minimum atomic E-state index is -1.23. The van der Waals surface area contributed by atoms with E-state index in [1.807, 2.05) is 0 Å². The Labute approximate surface area is 57.8 Å². The molecule has 0 aromatic carbocycles. The molecule has 0 aliphatic carbocycles. The average molecular weight is 150 g/mol. The second kappa shape index (κ2) is 3.27. The van der Waals surface area contributed by atoms with E-state index in [4.69, 9.17) is 20.1 Å². The van der Waals surface area contributed by atoms with Crippen molar-refractivity contribution in [2.75, 3.05) is 13.2 Å². The summed E-state index contributed by atoms with van der Waals surface area (Å²) in [5.41, 5.74) is 0. The molecule has 1 rings (SSSR count). The van der Waals surface area contributed by atoms with Gasteiger partial charge in [0.05, 0.1) is 13.2 Å². The molecule has 3 atom stereocenters. The van der Waals surface area contributed by atoms with Gasteiger partial charge in [0.25, 0.3) is 0 Å². The van der Waals surface area contributed by atoms with Crippen LogP contribution in [-0.2, 0) is 9.47 Å². The van der Waals surface area contributed by atoms with E-state index in [1.165, 1.54) is 0 Å². The molecule has 0 saturated carbocycles. The molecule has 1 aliphatic heterocycles. The van der Waals surface area contributed by atoms with Gasteiger partial charge in [-0.15, -0.1) is 0 Å². The number of ether oxygens (including phenoxy) is 2. The zero-order valence-electron chi connectivity index (χ0n) is 5.30. The van der Waals surface area contributed by atoms with Crippen molar-refractivity contribution in [3.63, 3.8) is 0 Å². The van der Waals surface area contributed by atoms with E-state index in [9.17, 15) is 0 Å². The van der Waals surface area contributed by atoms with Gasteiger partial charge in [-0.05, 0) is 0 Å². The van der Waals surface area contributed by atoms with Crippen molar-refractivity contribution in [1.29, 1.82) is 0 Å². The molecule has 0 aromatic rings. The molecule has 10 heavy (non-hydrogen) atoms. The molecule has 0 aromatic heterocycles. The molecule has 0 spiro atoms. The van der Waals surface area contributed by atoms with Crippen LogP contribution >= 0.6 is 0 Å². The lowest BCUT2D eigenvalue weighted by Gasteiger charge is -2.29. The van der Waals surface area contributed by atoms with Gasteiger partial charge in [0.2, 0.25) is 0 Å². The Hall–Kier alpha value is -0.200. The highest BCUT2D eigenvalue weighted by molar-refractivity contribution is 4.64. The lowest BCUT2D eigenvalue weighted by Crippen LogP contribution is -2.45. The number of rotatable bonds is 1. The van der Waals surface area contributed by atoms with Crippen LogP contribution in [0.15, 0.2) is 0 Å². The lowest BCUT2D eigenvalue weighted by atomic mass is 10.3. The third kappa shape index (κ3) is 1.65. The fourth-order valence-electron chi connectivity index (χ4n) is 0.719. The smallest absolute Gasteiger partial charge is 0.186 e. The van der Waals surface area contributed by atoms with Crippen LogP contribution in [0, 0.1) is 0 Å². The third-order valence-electron chi connectivity index (χ3n) is 1.25. The van der Waals surface area contributed by atoms with E-state index >= 15 is 0 Å². The molecule has 3 unspecified atom stereocenters. The molecular formula is C5H10O5. The minimum absolute atomic E-state index is 0.0116. The summed E-state index contributed by atoms with van der Waals surface area (Å²) < 4.78 is 9.29. The summed E-state index contributed by atoms with van der Waals surface area (Å²) in [5, 5.41) is 26.1. The van der Waals surface area contributed by atoms with Crippen molar-refractivity contribution in [2.45, 2.75) is 18.7 Å². The maximum absolute atomic E-state index is 8.87. The summed E-state index contributed by atoms with van der Waals surface area (Å²) in [4.78, 5) is 0. The van der Waals surface area contributed by atoms with Gasteiger partial charge < -0.3 is 24.8 Å². The van der Waals surface area contributed by atoms with Crippen molar-refractivity contribution in [1.82, 2.24) is 0 Å². The second-order valence-electron chi connectivity index (χ2n) is 2.04. The van der Waals surface area contributed by atoms with E-state index < -0.39 is 18.7 Å². The van der Waals surface area contributed by atoms with Gasteiger partial charge in [-0.2, -0.15) is 0 Å². The molecule has 5 nitrogen and oxygen atoms in total. The topological polar surface area (TPSA) is 79.2 Å². The van der Waals surface area contributed by atoms with E-state index in [2.05, 4.69) is 4.74 Å². The average Bonchev–Trinajstić information content (AvgIpc) is 1.88. The van der Waals surface area contributed by atoms with Crippen LogP contribution in [0.2, 0.25) is 0 Å². The Bertz CT molecular complexity index is 106. The van der Waals surface area contributed by atoms with Crippen LogP contribution in [0.5, 0.6) is 0 Å². The summed E-state index contributed by atoms with van der Waals surface area (Å²) in [6.45, 7) is -0.323. The highest BCUT2D eigenvalue weighted by Gasteiger charge is 2.28. The number of hydrogen-bond donors (Lipinski definition) is 3. The molecule has 0 bridgehead atoms. The van der Waals surface area contributed by atoms with E-state index in [0.29, 0.717) is 0 Å². The Morgan fingerprint density at radius 2 is 2.10 bits per heavy atom. The lowest BCUT2D eigenvalue weighted by molar-refractivity contribution is -0.311. The zero-order valence-corrected chi connectivity index (χ0v) is 5.30. The number of hydrogen-bond acceptors (Lipinski definition) is 5. The molecule has 1 saturated heterocycles. The Balaban J connectivity index is 2.36. The summed E-state index contributed by atoms with van der Waals surface area (Å²) in [5.74, 6) is 0. The molecule has 0 amide bonds. The first kappa shape index (κ1) is 7.90. The van der Waals surface area contributed by atoms with Crippen molar-refractivity contribution in [3.8, 4) is 0 Å². The molecule has 1 fully saturated rings. The van der Waals surface area contributed by atoms with Gasteiger partial charge in [-0.25, -0.2) is 0 Å². The number of aliphatic hydroxyl groups is 3. The Kier molecular flexibility index (Phi) is 2.58. The predicted octanol–water partition coefficient (Wildman–Crippen LogP) is -1.97. The van der Waals surface area contributed by atoms with Crippen molar-refractivity contribution in [3.05, 3.63) is 0 Å². The van der Waals surface area contributed by atoms with Crippen molar-refractivity contribution in [2.24, 2.45) is 0 Å². The van der Waals surface area contributed by atoms with Crippen molar-refractivity contribution >= 4 is 0 Å². The maximum atomic E-state index is 8.87. The van der Waals surface area contributed by atoms with Gasteiger partial charge in [0.15, 0.2) is 12.6 Å². The summed E-state index contributed by atoms with van der Waals surface area (Å²) >= 11 is 0. The normalized spacial score (nSPS) is 41.7. The molecule has 60 valence electrons. The highest BCUT2D eigenvalue weighted by atomic mass is 16.7. The standard InChI is InChI=1S/C5H10O5/c6-1-3-5(8)10-4(7)2-9-3/h3-8H,1-2H2. The van der Waals surface area contributed by atoms with Crippen LogP contribution in [0.1, 0.15) is 0 Å². The molecule has 5 heteroatoms. The van der Waals surface area contributed by atoms with Gasteiger partial charge in [0, 0.05) is 0 Å². The predicted molar refractivity (Wildman–Crippen MR) is 29.9 cm³/mol. The van der Waals surface area contributed by atoms with E-state index in [-0.39, 0.29) is 13.2 Å². The third-order valence-corrected chi connectivity index (χ3v) is 1.25. The minimum Gasteiger partial charge on any atom is -0.393 e. The van der Waals surface area contributed by atoms with E-state index in [0.717, 1.165) is 0 Å². The van der Waals surface area contributed by atoms with Crippen LogP contribution < -0.4 is 0 Å². The summed E-state index contributed by atoms with van der Waals surface area (Å²) in [7, 11) is 0. The molecular weight excluding hydrogens is 140 g/mol. The Morgan fingerprint density at radius 3 is 2.60 bits per heavy atom. The fraction of sp³-hybridized carbons (Fsp3) is 1.00. The second-order valence-corrected chi connectivity index (χ2v) is 2.04. The number of aliphatic hydroxyl groups excluding tert-OH is 3. The zero-order chi connectivity index (χ0) is 7.56. The molecule has 1 aliphatic rings. The van der Waals surface area contributed by atoms with Crippen LogP contribution in [0.25, 0.3) is 0 Å². The first-order valence-corrected chi connectivity index (χ1v) is 2.98. The van der Waals surface area contributed by atoms with Gasteiger partial charge in [-0.1, -0.05) is 0 Å². The van der Waals surface area contributed by atoms with Gasteiger partial charge in [0.1, 0.15) is 6.10 Å². The summed E-state index contributed by atoms with van der Waals surface area (Å²) in [6, 6.07) is 0. The largest absolute Gasteiger partial charge is 0.393 e. The quantitative estimate of drug-likeness (QED) is 0.404. The SMILES string of the molecule is OCC1OCC(O)OC1O. The fourth-order valence-corrected chi connectivity index (χ4v) is 0.719. The monoisotopic (exact) mass is 150 g/mol. The molecule has 0 radical (unpaired) electrons. The van der Waals surface area contributed by atoms with Gasteiger partial charge >= 0.3 is 0 Å². The van der Waals surface area contributed by atoms with Crippen molar-refractivity contribution < 1.29 is 24.8 Å². The summed E-state index contributed by atoms with van der Waals surface area (Å²) in [6.07, 6.45) is -3.05. The first-order chi connectivity index (χ1) is 4.74. The van der Waals surface area contributed by atoms with Crippen LogP contribution in [0.3, 0.4) is 0 Å².